The monoisotopic (exact) mass is 465 g/mol. The molecule has 0 bridgehead atoms. The van der Waals surface area contributed by atoms with Crippen LogP contribution in [-0.2, 0) is 19.1 Å². The van der Waals surface area contributed by atoms with E-state index >= 15 is 0 Å². The quantitative estimate of drug-likeness (QED) is 0.675. The van der Waals surface area contributed by atoms with Gasteiger partial charge in [0.15, 0.2) is 0 Å². The molecule has 34 heavy (non-hydrogen) atoms. The second-order valence-corrected chi connectivity index (χ2v) is 8.55. The molecular formula is C25H27N3O6. The van der Waals surface area contributed by atoms with Crippen molar-refractivity contribution in [3.63, 3.8) is 0 Å². The number of carboxylic acids is 1. The molecule has 2 aromatic carbocycles. The molecule has 3 amide bonds. The zero-order valence-corrected chi connectivity index (χ0v) is 19.1. The van der Waals surface area contributed by atoms with E-state index < -0.39 is 36.0 Å². The molecule has 178 valence electrons. The normalized spacial score (nSPS) is 16.9. The van der Waals surface area contributed by atoms with Crippen LogP contribution in [0.5, 0.6) is 0 Å². The highest BCUT2D eigenvalue weighted by Crippen LogP contribution is 2.44. The molecule has 9 heteroatoms. The van der Waals surface area contributed by atoms with Crippen molar-refractivity contribution in [2.45, 2.75) is 31.8 Å². The van der Waals surface area contributed by atoms with Crippen LogP contribution in [0.2, 0.25) is 0 Å². The Morgan fingerprint density at radius 1 is 1.03 bits per heavy atom. The first-order chi connectivity index (χ1) is 16.3. The van der Waals surface area contributed by atoms with Crippen LogP contribution < -0.4 is 5.32 Å². The van der Waals surface area contributed by atoms with Crippen LogP contribution >= 0.6 is 0 Å². The maximum Gasteiger partial charge on any atom is 0.407 e. The van der Waals surface area contributed by atoms with Gasteiger partial charge in [-0.3, -0.25) is 9.59 Å². The van der Waals surface area contributed by atoms with Gasteiger partial charge < -0.3 is 25.0 Å². The maximum absolute atomic E-state index is 12.7. The van der Waals surface area contributed by atoms with Crippen molar-refractivity contribution in [1.82, 2.24) is 15.1 Å². The molecule has 1 aliphatic heterocycles. The number of benzene rings is 2. The highest BCUT2D eigenvalue weighted by atomic mass is 16.5. The van der Waals surface area contributed by atoms with Crippen molar-refractivity contribution < 1.29 is 29.0 Å². The second kappa shape index (κ2) is 9.54. The van der Waals surface area contributed by atoms with E-state index in [0.29, 0.717) is 0 Å². The fraction of sp³-hybridized carbons (Fsp3) is 0.360. The number of alkyl carbamates (subject to hydrolysis) is 1. The molecule has 9 nitrogen and oxygen atoms in total. The largest absolute Gasteiger partial charge is 0.480 e. The lowest BCUT2D eigenvalue weighted by Crippen LogP contribution is -2.59. The SMILES string of the molecule is CC(C(=O)O)N1CCN(C(=O)[C@H](C)NC(=O)OCC2c3ccccc3-c3ccccc32)CC1=O. The first kappa shape index (κ1) is 23.3. The zero-order chi connectivity index (χ0) is 24.4. The van der Waals surface area contributed by atoms with Crippen molar-refractivity contribution in [3.8, 4) is 11.1 Å². The van der Waals surface area contributed by atoms with Gasteiger partial charge in [0.05, 0.1) is 6.54 Å². The Balaban J connectivity index is 1.32. The molecule has 2 atom stereocenters. The summed E-state index contributed by atoms with van der Waals surface area (Å²) in [6.07, 6.45) is -0.716. The van der Waals surface area contributed by atoms with Gasteiger partial charge in [0, 0.05) is 19.0 Å². The molecule has 1 unspecified atom stereocenters. The van der Waals surface area contributed by atoms with Crippen LogP contribution in [-0.4, -0.2) is 77.1 Å². The van der Waals surface area contributed by atoms with Crippen LogP contribution in [0.25, 0.3) is 11.1 Å². The average molecular weight is 466 g/mol. The molecule has 2 N–H and O–H groups in total. The van der Waals surface area contributed by atoms with Crippen LogP contribution in [0.15, 0.2) is 48.5 Å². The summed E-state index contributed by atoms with van der Waals surface area (Å²) in [6, 6.07) is 14.2. The van der Waals surface area contributed by atoms with Crippen molar-refractivity contribution in [2.75, 3.05) is 26.2 Å². The van der Waals surface area contributed by atoms with Gasteiger partial charge in [0.1, 0.15) is 18.7 Å². The minimum absolute atomic E-state index is 0.0916. The molecule has 1 saturated heterocycles. The van der Waals surface area contributed by atoms with E-state index in [9.17, 15) is 19.2 Å². The van der Waals surface area contributed by atoms with E-state index in [1.807, 2.05) is 48.5 Å². The van der Waals surface area contributed by atoms with E-state index in [1.54, 1.807) is 0 Å². The Morgan fingerprint density at radius 2 is 1.62 bits per heavy atom. The predicted octanol–water partition coefficient (Wildman–Crippen LogP) is 2.06. The molecule has 4 rings (SSSR count). The van der Waals surface area contributed by atoms with Crippen molar-refractivity contribution >= 4 is 23.9 Å². The van der Waals surface area contributed by atoms with Crippen LogP contribution in [0, 0.1) is 0 Å². The zero-order valence-electron chi connectivity index (χ0n) is 19.1. The topological polar surface area (TPSA) is 116 Å². The number of piperazine rings is 1. The average Bonchev–Trinajstić information content (AvgIpc) is 3.15. The van der Waals surface area contributed by atoms with E-state index in [0.717, 1.165) is 22.3 Å². The van der Waals surface area contributed by atoms with E-state index in [4.69, 9.17) is 9.84 Å². The molecule has 0 spiro atoms. The van der Waals surface area contributed by atoms with Crippen LogP contribution in [0.4, 0.5) is 4.79 Å². The first-order valence-corrected chi connectivity index (χ1v) is 11.2. The summed E-state index contributed by atoms with van der Waals surface area (Å²) in [4.78, 5) is 51.2. The first-order valence-electron chi connectivity index (χ1n) is 11.2. The Labute approximate surface area is 197 Å². The lowest BCUT2D eigenvalue weighted by molar-refractivity contribution is -0.155. The van der Waals surface area contributed by atoms with Crippen LogP contribution in [0.1, 0.15) is 30.9 Å². The van der Waals surface area contributed by atoms with Gasteiger partial charge in [0.2, 0.25) is 11.8 Å². The summed E-state index contributed by atoms with van der Waals surface area (Å²) >= 11 is 0. The molecule has 1 heterocycles. The van der Waals surface area contributed by atoms with Crippen molar-refractivity contribution in [3.05, 3.63) is 59.7 Å². The number of amides is 3. The summed E-state index contributed by atoms with van der Waals surface area (Å²) in [7, 11) is 0. The third kappa shape index (κ3) is 4.46. The maximum atomic E-state index is 12.7. The summed E-state index contributed by atoms with van der Waals surface area (Å²) in [6.45, 7) is 3.17. The molecule has 0 aromatic heterocycles. The van der Waals surface area contributed by atoms with Crippen molar-refractivity contribution in [2.24, 2.45) is 0 Å². The summed E-state index contributed by atoms with van der Waals surface area (Å²) < 4.78 is 5.48. The van der Waals surface area contributed by atoms with Crippen molar-refractivity contribution in [1.29, 1.82) is 0 Å². The molecule has 2 aliphatic rings. The Bertz CT molecular complexity index is 1090. The number of nitrogens with zero attached hydrogens (tertiary/aromatic N) is 2. The Hall–Kier alpha value is -3.88. The minimum Gasteiger partial charge on any atom is -0.480 e. The van der Waals surface area contributed by atoms with Gasteiger partial charge in [-0.05, 0) is 36.1 Å². The van der Waals surface area contributed by atoms with E-state index in [2.05, 4.69) is 5.32 Å². The number of carbonyl (C=O) groups is 4. The predicted molar refractivity (Wildman–Crippen MR) is 123 cm³/mol. The summed E-state index contributed by atoms with van der Waals surface area (Å²) in [5.41, 5.74) is 4.42. The second-order valence-electron chi connectivity index (χ2n) is 8.55. The number of nitrogens with one attached hydrogen (secondary N) is 1. The number of carboxylic acid groups (broad SMARTS) is 1. The molecule has 0 saturated carbocycles. The third-order valence-electron chi connectivity index (χ3n) is 6.44. The summed E-state index contributed by atoms with van der Waals surface area (Å²) in [5.74, 6) is -2.06. The third-order valence-corrected chi connectivity index (χ3v) is 6.44. The number of aliphatic carboxylic acids is 1. The minimum atomic E-state index is -1.10. The Kier molecular flexibility index (Phi) is 6.54. The smallest absolute Gasteiger partial charge is 0.407 e. The summed E-state index contributed by atoms with van der Waals surface area (Å²) in [5, 5.41) is 11.7. The fourth-order valence-electron chi connectivity index (χ4n) is 4.57. The Morgan fingerprint density at radius 3 is 2.18 bits per heavy atom. The van der Waals surface area contributed by atoms with Crippen LogP contribution in [0.3, 0.4) is 0 Å². The number of carbonyl (C=O) groups excluding carboxylic acids is 3. The number of hydrogen-bond donors (Lipinski definition) is 2. The van der Waals surface area contributed by atoms with Gasteiger partial charge >= 0.3 is 12.1 Å². The van der Waals surface area contributed by atoms with E-state index in [1.165, 1.54) is 23.6 Å². The van der Waals surface area contributed by atoms with Gasteiger partial charge in [-0.25, -0.2) is 9.59 Å². The van der Waals surface area contributed by atoms with Gasteiger partial charge in [-0.15, -0.1) is 0 Å². The van der Waals surface area contributed by atoms with Gasteiger partial charge in [-0.1, -0.05) is 48.5 Å². The number of rotatable bonds is 6. The fourth-order valence-corrected chi connectivity index (χ4v) is 4.57. The standard InChI is InChI=1S/C25H27N3O6/c1-15(23(30)27-11-12-28(22(29)13-27)16(2)24(31)32)26-25(33)34-14-21-19-9-5-3-7-17(19)18-8-4-6-10-20(18)21/h3-10,15-16,21H,11-14H2,1-2H3,(H,26,33)(H,31,32)/t15-,16?/m0/s1. The lowest BCUT2D eigenvalue weighted by Gasteiger charge is -2.37. The highest BCUT2D eigenvalue weighted by molar-refractivity contribution is 5.91. The molecule has 1 aliphatic carbocycles. The highest BCUT2D eigenvalue weighted by Gasteiger charge is 2.35. The molecule has 0 radical (unpaired) electrons. The number of hydrogen-bond acceptors (Lipinski definition) is 5. The molecule has 2 aromatic rings. The molecule has 1 fully saturated rings. The number of fused-ring (bicyclic) bond motifs is 3. The van der Waals surface area contributed by atoms with Gasteiger partial charge in [0.25, 0.3) is 0 Å². The van der Waals surface area contributed by atoms with Gasteiger partial charge in [-0.2, -0.15) is 0 Å². The lowest BCUT2D eigenvalue weighted by atomic mass is 9.98. The molecular weight excluding hydrogens is 438 g/mol. The van der Waals surface area contributed by atoms with E-state index in [-0.39, 0.29) is 32.2 Å². The number of ether oxygens (including phenoxy) is 1.